The van der Waals surface area contributed by atoms with E-state index in [0.717, 1.165) is 45.1 Å². The van der Waals surface area contributed by atoms with Gasteiger partial charge in [0.15, 0.2) is 0 Å². The highest BCUT2D eigenvalue weighted by Gasteiger charge is 2.13. The van der Waals surface area contributed by atoms with Crippen molar-refractivity contribution < 1.29 is 4.74 Å². The molecule has 0 N–H and O–H groups in total. The first-order valence-corrected chi connectivity index (χ1v) is 8.23. The predicted molar refractivity (Wildman–Crippen MR) is 88.0 cm³/mol. The average Bonchev–Trinajstić information content (AvgIpc) is 3.04. The molecule has 0 saturated carbocycles. The third-order valence-electron chi connectivity index (χ3n) is 3.88. The molecule has 0 atom stereocenters. The van der Waals surface area contributed by atoms with Gasteiger partial charge in [-0.05, 0) is 49.0 Å². The number of ether oxygens (including phenoxy) is 1. The van der Waals surface area contributed by atoms with E-state index in [2.05, 4.69) is 52.6 Å². The molecule has 2 aromatic rings. The summed E-state index contributed by atoms with van der Waals surface area (Å²) in [6, 6.07) is 12.4. The van der Waals surface area contributed by atoms with Crippen LogP contribution < -0.4 is 4.74 Å². The lowest BCUT2D eigenvalue weighted by Crippen LogP contribution is -2.45. The first kappa shape index (κ1) is 14.6. The zero-order valence-electron chi connectivity index (χ0n) is 12.4. The molecule has 3 nitrogen and oxygen atoms in total. The van der Waals surface area contributed by atoms with Crippen molar-refractivity contribution in [1.82, 2.24) is 9.80 Å². The van der Waals surface area contributed by atoms with Crippen molar-refractivity contribution in [2.75, 3.05) is 46.4 Å². The number of piperazine rings is 1. The summed E-state index contributed by atoms with van der Waals surface area (Å²) in [5, 5.41) is 3.12. The first-order valence-electron chi connectivity index (χ1n) is 7.41. The van der Waals surface area contributed by atoms with Gasteiger partial charge < -0.3 is 9.64 Å². The van der Waals surface area contributed by atoms with Crippen LogP contribution in [0.3, 0.4) is 0 Å². The number of nitrogens with zero attached hydrogens (tertiary/aromatic N) is 2. The highest BCUT2D eigenvalue weighted by molar-refractivity contribution is 7.13. The van der Waals surface area contributed by atoms with E-state index in [9.17, 15) is 0 Å². The van der Waals surface area contributed by atoms with Crippen LogP contribution in [0.4, 0.5) is 0 Å². The lowest BCUT2D eigenvalue weighted by Gasteiger charge is -2.32. The molecule has 0 amide bonds. The maximum Gasteiger partial charge on any atom is 0.119 e. The van der Waals surface area contributed by atoms with Crippen molar-refractivity contribution in [3.05, 3.63) is 41.8 Å². The highest BCUT2D eigenvalue weighted by atomic mass is 32.1. The SMILES string of the molecule is CN1CCN(CCOc2ccc(-c3cc[c]s3)cc2)CC1. The molecule has 3 rings (SSSR count). The zero-order chi connectivity index (χ0) is 14.5. The monoisotopic (exact) mass is 301 g/mol. The van der Waals surface area contributed by atoms with Gasteiger partial charge in [0.05, 0.1) is 0 Å². The van der Waals surface area contributed by atoms with Crippen LogP contribution in [0.5, 0.6) is 5.75 Å². The molecular weight excluding hydrogens is 280 g/mol. The van der Waals surface area contributed by atoms with Crippen LogP contribution >= 0.6 is 11.3 Å². The molecule has 0 unspecified atom stereocenters. The molecule has 1 radical (unpaired) electrons. The smallest absolute Gasteiger partial charge is 0.119 e. The van der Waals surface area contributed by atoms with E-state index < -0.39 is 0 Å². The fraction of sp³-hybridized carbons (Fsp3) is 0.412. The minimum atomic E-state index is 0.760. The van der Waals surface area contributed by atoms with E-state index in [-0.39, 0.29) is 0 Å². The molecule has 4 heteroatoms. The molecule has 0 bridgehead atoms. The number of benzene rings is 1. The summed E-state index contributed by atoms with van der Waals surface area (Å²) in [7, 11) is 2.18. The van der Waals surface area contributed by atoms with Crippen LogP contribution in [-0.2, 0) is 0 Å². The third kappa shape index (κ3) is 4.06. The fourth-order valence-electron chi connectivity index (χ4n) is 2.48. The maximum absolute atomic E-state index is 5.85. The van der Waals surface area contributed by atoms with E-state index in [1.165, 1.54) is 10.4 Å². The Labute approximate surface area is 130 Å². The Morgan fingerprint density at radius 3 is 2.52 bits per heavy atom. The van der Waals surface area contributed by atoms with Crippen molar-refractivity contribution in [1.29, 1.82) is 0 Å². The number of rotatable bonds is 5. The molecule has 1 saturated heterocycles. The van der Waals surface area contributed by atoms with Gasteiger partial charge in [0.1, 0.15) is 12.4 Å². The summed E-state index contributed by atoms with van der Waals surface area (Å²) in [6.07, 6.45) is 0. The maximum atomic E-state index is 5.85. The summed E-state index contributed by atoms with van der Waals surface area (Å²) in [4.78, 5) is 6.09. The van der Waals surface area contributed by atoms with Crippen molar-refractivity contribution in [2.24, 2.45) is 0 Å². The standard InChI is InChI=1S/C17H21N2OS/c1-18-8-10-19(11-9-18)12-13-20-16-6-4-15(5-7-16)17-3-2-14-21-17/h2-7H,8-13H2,1H3. The molecule has 0 spiro atoms. The normalized spacial score (nSPS) is 17.0. The fourth-order valence-corrected chi connectivity index (χ4v) is 3.13. The van der Waals surface area contributed by atoms with Crippen molar-refractivity contribution in [2.45, 2.75) is 0 Å². The molecule has 1 aromatic carbocycles. The number of thiophene rings is 1. The van der Waals surface area contributed by atoms with E-state index in [4.69, 9.17) is 4.74 Å². The van der Waals surface area contributed by atoms with E-state index in [1.807, 2.05) is 6.07 Å². The van der Waals surface area contributed by atoms with E-state index in [1.54, 1.807) is 11.3 Å². The van der Waals surface area contributed by atoms with Gasteiger partial charge in [-0.3, -0.25) is 4.90 Å². The summed E-state index contributed by atoms with van der Waals surface area (Å²) in [6.45, 7) is 6.38. The summed E-state index contributed by atoms with van der Waals surface area (Å²) in [5.74, 6) is 0.952. The summed E-state index contributed by atoms with van der Waals surface area (Å²) >= 11 is 1.64. The Morgan fingerprint density at radius 2 is 1.86 bits per heavy atom. The minimum absolute atomic E-state index is 0.760. The molecule has 1 fully saturated rings. The first-order chi connectivity index (χ1) is 10.3. The van der Waals surface area contributed by atoms with Crippen molar-refractivity contribution in [3.8, 4) is 16.2 Å². The van der Waals surface area contributed by atoms with Gasteiger partial charge in [0.2, 0.25) is 0 Å². The van der Waals surface area contributed by atoms with Crippen LogP contribution in [0.25, 0.3) is 10.4 Å². The second kappa shape index (κ2) is 7.07. The summed E-state index contributed by atoms with van der Waals surface area (Å²) < 4.78 is 5.85. The number of hydrogen-bond acceptors (Lipinski definition) is 4. The van der Waals surface area contributed by atoms with Crippen LogP contribution in [0.1, 0.15) is 0 Å². The Kier molecular flexibility index (Phi) is 4.91. The highest BCUT2D eigenvalue weighted by Crippen LogP contribution is 2.26. The van der Waals surface area contributed by atoms with Gasteiger partial charge in [-0.2, -0.15) is 0 Å². The molecule has 1 aromatic heterocycles. The zero-order valence-corrected chi connectivity index (χ0v) is 13.2. The molecule has 1 aliphatic rings. The molecule has 21 heavy (non-hydrogen) atoms. The van der Waals surface area contributed by atoms with Crippen LogP contribution in [0, 0.1) is 5.38 Å². The average molecular weight is 301 g/mol. The van der Waals surface area contributed by atoms with Gasteiger partial charge in [0.25, 0.3) is 0 Å². The summed E-state index contributed by atoms with van der Waals surface area (Å²) in [5.41, 5.74) is 1.23. The van der Waals surface area contributed by atoms with E-state index >= 15 is 0 Å². The molecule has 111 valence electrons. The number of hydrogen-bond donors (Lipinski definition) is 0. The van der Waals surface area contributed by atoms with Gasteiger partial charge in [0, 0.05) is 43.0 Å². The van der Waals surface area contributed by atoms with Crippen LogP contribution in [0.2, 0.25) is 0 Å². The van der Waals surface area contributed by atoms with Crippen LogP contribution in [-0.4, -0.2) is 56.2 Å². The Morgan fingerprint density at radius 1 is 1.10 bits per heavy atom. The number of likely N-dealkylation sites (N-methyl/N-ethyl adjacent to an activating group) is 1. The molecule has 2 heterocycles. The Bertz CT molecular complexity index is 530. The Hall–Kier alpha value is -1.36. The van der Waals surface area contributed by atoms with E-state index in [0.29, 0.717) is 0 Å². The second-order valence-corrected chi connectivity index (χ2v) is 6.31. The quantitative estimate of drug-likeness (QED) is 0.844. The van der Waals surface area contributed by atoms with Gasteiger partial charge in [-0.1, -0.05) is 0 Å². The lowest BCUT2D eigenvalue weighted by molar-refractivity contribution is 0.134. The van der Waals surface area contributed by atoms with Crippen molar-refractivity contribution in [3.63, 3.8) is 0 Å². The lowest BCUT2D eigenvalue weighted by atomic mass is 10.2. The van der Waals surface area contributed by atoms with Crippen LogP contribution in [0.15, 0.2) is 36.4 Å². The minimum Gasteiger partial charge on any atom is -0.492 e. The topological polar surface area (TPSA) is 15.7 Å². The Balaban J connectivity index is 1.45. The molecule has 1 aliphatic heterocycles. The third-order valence-corrected chi connectivity index (χ3v) is 4.73. The van der Waals surface area contributed by atoms with Gasteiger partial charge in [-0.15, -0.1) is 11.3 Å². The largest absolute Gasteiger partial charge is 0.492 e. The molecular formula is C17H21N2OS. The van der Waals surface area contributed by atoms with Crippen molar-refractivity contribution >= 4 is 11.3 Å². The predicted octanol–water partition coefficient (Wildman–Crippen LogP) is 2.84. The second-order valence-electron chi connectivity index (χ2n) is 5.44. The molecule has 0 aliphatic carbocycles. The van der Waals surface area contributed by atoms with Gasteiger partial charge in [-0.25, -0.2) is 0 Å². The van der Waals surface area contributed by atoms with Gasteiger partial charge >= 0.3 is 0 Å².